The normalized spacial score (nSPS) is 35.9. The molecule has 9 heavy (non-hydrogen) atoms. The van der Waals surface area contributed by atoms with Crippen molar-refractivity contribution in [2.45, 2.75) is 25.7 Å². The van der Waals surface area contributed by atoms with E-state index in [2.05, 4.69) is 0 Å². The van der Waals surface area contributed by atoms with Gasteiger partial charge in [0, 0.05) is 5.92 Å². The van der Waals surface area contributed by atoms with Crippen molar-refractivity contribution in [2.24, 2.45) is 11.3 Å². The van der Waals surface area contributed by atoms with Gasteiger partial charge in [0.2, 0.25) is 5.24 Å². The third-order valence-electron chi connectivity index (χ3n) is 2.81. The van der Waals surface area contributed by atoms with Crippen LogP contribution in [0.2, 0.25) is 0 Å². The first-order valence-corrected chi connectivity index (χ1v) is 3.82. The lowest BCUT2D eigenvalue weighted by molar-refractivity contribution is -0.113. The monoisotopic (exact) mass is 144 g/mol. The van der Waals surface area contributed by atoms with E-state index in [1.54, 1.807) is 0 Å². The Morgan fingerprint density at radius 3 is 2.33 bits per heavy atom. The number of carbonyl (C=O) groups excluding carboxylic acids is 1. The fourth-order valence-corrected chi connectivity index (χ4v) is 2.16. The van der Waals surface area contributed by atoms with Crippen LogP contribution in [0.1, 0.15) is 25.7 Å². The number of halogens is 1. The highest BCUT2D eigenvalue weighted by atomic mass is 35.5. The molecule has 0 aromatic heterocycles. The third-order valence-corrected chi connectivity index (χ3v) is 3.08. The van der Waals surface area contributed by atoms with Gasteiger partial charge in [-0.25, -0.2) is 0 Å². The van der Waals surface area contributed by atoms with Crippen LogP contribution in [0.25, 0.3) is 0 Å². The summed E-state index contributed by atoms with van der Waals surface area (Å²) in [7, 11) is 0. The van der Waals surface area contributed by atoms with Crippen molar-refractivity contribution < 1.29 is 4.79 Å². The second-order valence-corrected chi connectivity index (χ2v) is 3.65. The summed E-state index contributed by atoms with van der Waals surface area (Å²) in [6, 6.07) is 0. The van der Waals surface area contributed by atoms with E-state index in [0.717, 1.165) is 6.42 Å². The molecule has 0 amide bonds. The van der Waals surface area contributed by atoms with Gasteiger partial charge >= 0.3 is 0 Å². The van der Waals surface area contributed by atoms with Gasteiger partial charge < -0.3 is 0 Å². The van der Waals surface area contributed by atoms with Crippen molar-refractivity contribution in [1.29, 1.82) is 0 Å². The minimum atomic E-state index is -0.102. The first kappa shape index (κ1) is 5.72. The van der Waals surface area contributed by atoms with E-state index >= 15 is 0 Å². The average molecular weight is 145 g/mol. The van der Waals surface area contributed by atoms with E-state index in [1.807, 2.05) is 0 Å². The molecule has 2 aliphatic rings. The zero-order chi connectivity index (χ0) is 6.48. The maximum atomic E-state index is 10.6. The van der Waals surface area contributed by atoms with Gasteiger partial charge in [-0.05, 0) is 36.3 Å². The highest BCUT2D eigenvalue weighted by molar-refractivity contribution is 6.64. The fourth-order valence-electron chi connectivity index (χ4n) is 1.85. The minimum Gasteiger partial charge on any atom is -0.281 e. The molecule has 0 heterocycles. The molecule has 0 aromatic carbocycles. The van der Waals surface area contributed by atoms with Gasteiger partial charge in [-0.3, -0.25) is 4.79 Å². The number of carbonyl (C=O) groups is 1. The van der Waals surface area contributed by atoms with Crippen LogP contribution < -0.4 is 0 Å². The van der Waals surface area contributed by atoms with E-state index in [1.165, 1.54) is 19.3 Å². The predicted octanol–water partition coefficient (Wildman–Crippen LogP) is 1.94. The maximum Gasteiger partial charge on any atom is 0.225 e. The number of hydrogen-bond acceptors (Lipinski definition) is 1. The average Bonchev–Trinajstić information content (AvgIpc) is 2.34. The lowest BCUT2D eigenvalue weighted by atomic mass is 9.80. The molecular weight excluding hydrogens is 136 g/mol. The van der Waals surface area contributed by atoms with E-state index in [-0.39, 0.29) is 11.2 Å². The summed E-state index contributed by atoms with van der Waals surface area (Å²) in [5.41, 5.74) is 0.429. The summed E-state index contributed by atoms with van der Waals surface area (Å²) in [5.74, 6) is 0.243. The summed E-state index contributed by atoms with van der Waals surface area (Å²) in [6.45, 7) is 0. The van der Waals surface area contributed by atoms with E-state index in [9.17, 15) is 4.79 Å². The standard InChI is InChI=1S/C7H9ClO/c8-6(9)5-4-7(5)2-1-3-7/h5H,1-4H2/t5-/m1/s1. The molecule has 2 rings (SSSR count). The van der Waals surface area contributed by atoms with Crippen LogP contribution in [-0.2, 0) is 4.79 Å². The van der Waals surface area contributed by atoms with Crippen molar-refractivity contribution in [1.82, 2.24) is 0 Å². The first-order chi connectivity index (χ1) is 4.25. The zero-order valence-electron chi connectivity index (χ0n) is 5.19. The fraction of sp³-hybridized carbons (Fsp3) is 0.857. The molecule has 1 nitrogen and oxygen atoms in total. The Kier molecular flexibility index (Phi) is 0.963. The largest absolute Gasteiger partial charge is 0.281 e. The molecule has 0 aromatic rings. The molecule has 1 spiro atoms. The van der Waals surface area contributed by atoms with E-state index < -0.39 is 0 Å². The van der Waals surface area contributed by atoms with E-state index in [4.69, 9.17) is 11.6 Å². The number of rotatable bonds is 1. The Labute approximate surface area is 59.4 Å². The summed E-state index contributed by atoms with van der Waals surface area (Å²) in [6.07, 6.45) is 4.88. The van der Waals surface area contributed by atoms with Gasteiger partial charge in [0.25, 0.3) is 0 Å². The van der Waals surface area contributed by atoms with Gasteiger partial charge in [0.1, 0.15) is 0 Å². The van der Waals surface area contributed by atoms with Gasteiger partial charge in [0.15, 0.2) is 0 Å². The van der Waals surface area contributed by atoms with Crippen LogP contribution in [0.3, 0.4) is 0 Å². The van der Waals surface area contributed by atoms with Crippen LogP contribution in [-0.4, -0.2) is 5.24 Å². The molecule has 2 saturated carbocycles. The molecule has 2 heteroatoms. The first-order valence-electron chi connectivity index (χ1n) is 3.44. The Hall–Kier alpha value is -0.0400. The lowest BCUT2D eigenvalue weighted by Gasteiger charge is -2.25. The summed E-state index contributed by atoms with van der Waals surface area (Å²) < 4.78 is 0. The quantitative estimate of drug-likeness (QED) is 0.514. The molecule has 1 atom stereocenters. The summed E-state index contributed by atoms with van der Waals surface area (Å²) in [5, 5.41) is -0.102. The Morgan fingerprint density at radius 2 is 2.22 bits per heavy atom. The van der Waals surface area contributed by atoms with Gasteiger partial charge in [-0.1, -0.05) is 6.42 Å². The SMILES string of the molecule is O=C(Cl)[C@H]1CC12CCC2. The van der Waals surface area contributed by atoms with Crippen molar-refractivity contribution in [3.05, 3.63) is 0 Å². The van der Waals surface area contributed by atoms with Gasteiger partial charge in [-0.15, -0.1) is 0 Å². The molecular formula is C7H9ClO. The number of hydrogen-bond donors (Lipinski definition) is 0. The molecule has 0 N–H and O–H groups in total. The molecule has 0 unspecified atom stereocenters. The summed E-state index contributed by atoms with van der Waals surface area (Å²) in [4.78, 5) is 10.6. The smallest absolute Gasteiger partial charge is 0.225 e. The lowest BCUT2D eigenvalue weighted by Crippen LogP contribution is -2.16. The van der Waals surface area contributed by atoms with E-state index in [0.29, 0.717) is 5.41 Å². The molecule has 0 saturated heterocycles. The van der Waals surface area contributed by atoms with Crippen LogP contribution in [0.15, 0.2) is 0 Å². The second-order valence-electron chi connectivity index (χ2n) is 3.28. The molecule has 50 valence electrons. The topological polar surface area (TPSA) is 17.1 Å². The molecule has 0 aliphatic heterocycles. The van der Waals surface area contributed by atoms with Crippen molar-refractivity contribution in [3.63, 3.8) is 0 Å². The molecule has 0 bridgehead atoms. The second kappa shape index (κ2) is 1.51. The van der Waals surface area contributed by atoms with Gasteiger partial charge in [0.05, 0.1) is 0 Å². The molecule has 2 aliphatic carbocycles. The maximum absolute atomic E-state index is 10.6. The Morgan fingerprint density at radius 1 is 1.56 bits per heavy atom. The van der Waals surface area contributed by atoms with Crippen molar-refractivity contribution in [3.8, 4) is 0 Å². The minimum absolute atomic E-state index is 0.102. The van der Waals surface area contributed by atoms with Crippen LogP contribution >= 0.6 is 11.6 Å². The van der Waals surface area contributed by atoms with Crippen LogP contribution in [0.4, 0.5) is 0 Å². The van der Waals surface area contributed by atoms with Crippen LogP contribution in [0, 0.1) is 11.3 Å². The summed E-state index contributed by atoms with van der Waals surface area (Å²) >= 11 is 5.33. The Bertz CT molecular complexity index is 160. The third kappa shape index (κ3) is 0.644. The van der Waals surface area contributed by atoms with Gasteiger partial charge in [-0.2, -0.15) is 0 Å². The predicted molar refractivity (Wildman–Crippen MR) is 35.3 cm³/mol. The highest BCUT2D eigenvalue weighted by Crippen LogP contribution is 2.66. The highest BCUT2D eigenvalue weighted by Gasteiger charge is 2.60. The zero-order valence-corrected chi connectivity index (χ0v) is 5.95. The molecule has 2 fully saturated rings. The van der Waals surface area contributed by atoms with Crippen molar-refractivity contribution >= 4 is 16.8 Å². The molecule has 0 radical (unpaired) electrons. The van der Waals surface area contributed by atoms with Crippen molar-refractivity contribution in [2.75, 3.05) is 0 Å². The van der Waals surface area contributed by atoms with Crippen LogP contribution in [0.5, 0.6) is 0 Å². The Balaban J connectivity index is 2.01.